The van der Waals surface area contributed by atoms with Crippen molar-refractivity contribution < 1.29 is 43.0 Å². The van der Waals surface area contributed by atoms with Crippen molar-refractivity contribution in [3.63, 3.8) is 0 Å². The van der Waals surface area contributed by atoms with E-state index in [1.165, 1.54) is 109 Å². The van der Waals surface area contributed by atoms with Gasteiger partial charge < -0.3 is 24.4 Å². The molecule has 0 aromatic heterocycles. The predicted molar refractivity (Wildman–Crippen MR) is 236 cm³/mol. The van der Waals surface area contributed by atoms with E-state index in [2.05, 4.69) is 54.0 Å². The number of ether oxygens (including phenoxy) is 2. The van der Waals surface area contributed by atoms with Crippen LogP contribution in [0, 0.1) is 0 Å². The Morgan fingerprint density at radius 3 is 1.32 bits per heavy atom. The van der Waals surface area contributed by atoms with Crippen molar-refractivity contribution >= 4 is 19.8 Å². The molecule has 0 heterocycles. The van der Waals surface area contributed by atoms with Crippen molar-refractivity contribution in [2.75, 3.05) is 19.8 Å². The highest BCUT2D eigenvalue weighted by atomic mass is 31.2. The maximum atomic E-state index is 12.4. The fourth-order valence-electron chi connectivity index (χ4n) is 6.46. The van der Waals surface area contributed by atoms with Crippen LogP contribution in [0.4, 0.5) is 0 Å². The first kappa shape index (κ1) is 55.0. The summed E-state index contributed by atoms with van der Waals surface area (Å²) in [6, 6.07) is 0. The molecule has 10 heteroatoms. The molecule has 0 unspecified atom stereocenters. The first-order valence-corrected chi connectivity index (χ1v) is 24.6. The van der Waals surface area contributed by atoms with E-state index in [0.29, 0.717) is 19.3 Å². The third kappa shape index (κ3) is 46.5. The number of carbonyl (C=O) groups excluding carboxylic acids is 2. The van der Waals surface area contributed by atoms with Gasteiger partial charge in [0.15, 0.2) is 6.10 Å². The Balaban J connectivity index is 3.92. The molecule has 332 valence electrons. The van der Waals surface area contributed by atoms with Crippen molar-refractivity contribution in [1.82, 2.24) is 0 Å². The van der Waals surface area contributed by atoms with Gasteiger partial charge in [0, 0.05) is 19.4 Å². The van der Waals surface area contributed by atoms with Gasteiger partial charge in [0.1, 0.15) is 6.61 Å². The summed E-state index contributed by atoms with van der Waals surface area (Å²) in [5.41, 5.74) is 0. The minimum absolute atomic E-state index is 0.182. The first-order valence-electron chi connectivity index (χ1n) is 23.0. The van der Waals surface area contributed by atoms with E-state index in [1.54, 1.807) is 0 Å². The number of carbonyl (C=O) groups is 2. The number of phosphoric ester groups is 1. The molecule has 0 spiro atoms. The van der Waals surface area contributed by atoms with Crippen LogP contribution in [0.3, 0.4) is 0 Å². The van der Waals surface area contributed by atoms with Crippen molar-refractivity contribution in [2.45, 2.75) is 218 Å². The average Bonchev–Trinajstić information content (AvgIpc) is 3.18. The Morgan fingerprint density at radius 2 is 0.877 bits per heavy atom. The molecule has 0 aromatic carbocycles. The first-order chi connectivity index (χ1) is 27.8. The number of aliphatic hydroxyl groups is 1. The number of esters is 2. The molecule has 1 atom stereocenters. The van der Waals surface area contributed by atoms with Crippen LogP contribution in [0.5, 0.6) is 0 Å². The highest BCUT2D eigenvalue weighted by molar-refractivity contribution is 7.46. The zero-order valence-electron chi connectivity index (χ0n) is 36.2. The van der Waals surface area contributed by atoms with E-state index in [-0.39, 0.29) is 26.1 Å². The summed E-state index contributed by atoms with van der Waals surface area (Å²) in [5, 5.41) is 8.78. The van der Waals surface area contributed by atoms with E-state index in [1.807, 2.05) is 6.08 Å². The summed E-state index contributed by atoms with van der Waals surface area (Å²) < 4.78 is 26.4. The lowest BCUT2D eigenvalue weighted by Crippen LogP contribution is -2.29. The number of rotatable bonds is 43. The molecule has 57 heavy (non-hydrogen) atoms. The van der Waals surface area contributed by atoms with Gasteiger partial charge in [0.2, 0.25) is 0 Å². The second-order valence-corrected chi connectivity index (χ2v) is 16.7. The zero-order valence-corrected chi connectivity index (χ0v) is 37.1. The number of hydrogen-bond donors (Lipinski definition) is 3. The van der Waals surface area contributed by atoms with Crippen molar-refractivity contribution in [1.29, 1.82) is 0 Å². The van der Waals surface area contributed by atoms with Gasteiger partial charge in [-0.25, -0.2) is 4.57 Å². The van der Waals surface area contributed by atoms with Crippen molar-refractivity contribution in [3.05, 3.63) is 48.6 Å². The lowest BCUT2D eigenvalue weighted by atomic mass is 10.0. The van der Waals surface area contributed by atoms with Crippen LogP contribution >= 0.6 is 7.82 Å². The van der Waals surface area contributed by atoms with E-state index < -0.39 is 32.5 Å². The zero-order chi connectivity index (χ0) is 41.8. The lowest BCUT2D eigenvalue weighted by molar-refractivity contribution is -0.161. The molecule has 0 aliphatic carbocycles. The molecule has 0 radical (unpaired) electrons. The topological polar surface area (TPSA) is 140 Å². The van der Waals surface area contributed by atoms with E-state index in [4.69, 9.17) is 24.4 Å². The van der Waals surface area contributed by atoms with Crippen LogP contribution in [-0.4, -0.2) is 52.8 Å². The van der Waals surface area contributed by atoms with Crippen LogP contribution in [0.15, 0.2) is 48.6 Å². The number of allylic oxidation sites excluding steroid dienone is 8. The monoisotopic (exact) mass is 825 g/mol. The lowest BCUT2D eigenvalue weighted by Gasteiger charge is -2.18. The van der Waals surface area contributed by atoms with Crippen LogP contribution in [0.1, 0.15) is 212 Å². The highest BCUT2D eigenvalue weighted by Gasteiger charge is 2.22. The maximum Gasteiger partial charge on any atom is 0.469 e. The Bertz CT molecular complexity index is 1070. The summed E-state index contributed by atoms with van der Waals surface area (Å²) in [4.78, 5) is 42.9. The Morgan fingerprint density at radius 1 is 0.491 bits per heavy atom. The Hall–Kier alpha value is -2.03. The molecular formula is C47H85O9P. The Labute approximate surface area is 348 Å². The van der Waals surface area contributed by atoms with Gasteiger partial charge in [-0.2, -0.15) is 0 Å². The summed E-state index contributed by atoms with van der Waals surface area (Å²) in [7, 11) is -4.77. The van der Waals surface area contributed by atoms with Crippen molar-refractivity contribution in [2.24, 2.45) is 0 Å². The summed E-state index contributed by atoms with van der Waals surface area (Å²) in [6.45, 7) is 1.68. The molecule has 0 aliphatic rings. The predicted octanol–water partition coefficient (Wildman–Crippen LogP) is 13.3. The normalized spacial score (nSPS) is 12.8. The molecule has 0 fully saturated rings. The molecule has 3 N–H and O–H groups in total. The van der Waals surface area contributed by atoms with Crippen molar-refractivity contribution in [3.8, 4) is 0 Å². The average molecular weight is 825 g/mol. The third-order valence-corrected chi connectivity index (χ3v) is 10.4. The molecule has 0 aromatic rings. The second-order valence-electron chi connectivity index (χ2n) is 15.5. The molecule has 0 amide bonds. The highest BCUT2D eigenvalue weighted by Crippen LogP contribution is 2.36. The number of unbranched alkanes of at least 4 members (excludes halogenated alkanes) is 24. The van der Waals surface area contributed by atoms with E-state index >= 15 is 0 Å². The van der Waals surface area contributed by atoms with Crippen LogP contribution < -0.4 is 0 Å². The van der Waals surface area contributed by atoms with Crippen LogP contribution in [0.25, 0.3) is 0 Å². The largest absolute Gasteiger partial charge is 0.469 e. The molecule has 0 rings (SSSR count). The Kier molecular flexibility index (Phi) is 42.0. The minimum atomic E-state index is -4.77. The summed E-state index contributed by atoms with van der Waals surface area (Å²) >= 11 is 0. The standard InChI is InChI=1S/C47H85O9P/c1-2-3-4-5-6-7-8-9-10-11-12-13-14-16-20-23-26-29-32-35-38-41-47(50)56-45(44-55-57(51,52)53)43-54-46(49)40-37-34-31-28-25-22-19-17-15-18-21-24-27-30-33-36-39-42-48/h15,18-19,22,24,27-28,31,45,48H,2-14,16-17,20-21,23,25-26,29-30,32-44H2,1H3,(H2,51,52,53)/b18-15-,22-19-,27-24-,31-28-/t45-/m1/s1. The van der Waals surface area contributed by atoms with Crippen LogP contribution in [-0.2, 0) is 28.2 Å². The fraction of sp³-hybridized carbons (Fsp3) is 0.787. The molecular weight excluding hydrogens is 739 g/mol. The molecule has 0 aliphatic heterocycles. The third-order valence-electron chi connectivity index (χ3n) is 9.91. The SMILES string of the molecule is CCCCCCCCCCCCCCCCCCCCCCCC(=O)O[C@H](COC(=O)CCC/C=C\C/C=C\C/C=C\C/C=C\CCCCCO)COP(=O)(O)O. The van der Waals surface area contributed by atoms with Gasteiger partial charge in [-0.05, 0) is 57.8 Å². The fourth-order valence-corrected chi connectivity index (χ4v) is 6.82. The van der Waals surface area contributed by atoms with Gasteiger partial charge >= 0.3 is 19.8 Å². The molecule has 0 bridgehead atoms. The number of phosphoric acid groups is 1. The van der Waals surface area contributed by atoms with Gasteiger partial charge in [-0.15, -0.1) is 0 Å². The number of aliphatic hydroxyl groups excluding tert-OH is 1. The number of hydrogen-bond acceptors (Lipinski definition) is 7. The smallest absolute Gasteiger partial charge is 0.462 e. The molecule has 9 nitrogen and oxygen atoms in total. The molecule has 0 saturated carbocycles. The second kappa shape index (κ2) is 43.5. The van der Waals surface area contributed by atoms with Gasteiger partial charge in [0.05, 0.1) is 6.61 Å². The van der Waals surface area contributed by atoms with E-state index in [9.17, 15) is 14.2 Å². The molecule has 0 saturated heterocycles. The minimum Gasteiger partial charge on any atom is -0.462 e. The van der Waals surface area contributed by atoms with Crippen LogP contribution in [0.2, 0.25) is 0 Å². The summed E-state index contributed by atoms with van der Waals surface area (Å²) in [6.07, 6.45) is 51.4. The van der Waals surface area contributed by atoms with Gasteiger partial charge in [-0.1, -0.05) is 190 Å². The summed E-state index contributed by atoms with van der Waals surface area (Å²) in [5.74, 6) is -0.958. The van der Waals surface area contributed by atoms with Gasteiger partial charge in [-0.3, -0.25) is 14.1 Å². The quantitative estimate of drug-likeness (QED) is 0.0237. The van der Waals surface area contributed by atoms with E-state index in [0.717, 1.165) is 64.2 Å². The van der Waals surface area contributed by atoms with Gasteiger partial charge in [0.25, 0.3) is 0 Å². The maximum absolute atomic E-state index is 12.4.